The van der Waals surface area contributed by atoms with Crippen LogP contribution in [0.3, 0.4) is 0 Å². The van der Waals surface area contributed by atoms with Crippen LogP contribution in [0, 0.1) is 0 Å². The largest absolute Gasteiger partial charge is 0.458 e. The van der Waals surface area contributed by atoms with Crippen molar-refractivity contribution in [3.63, 3.8) is 0 Å². The molecule has 1 aliphatic heterocycles. The Hall–Kier alpha value is -6.46. The van der Waals surface area contributed by atoms with Gasteiger partial charge in [-0.15, -0.1) is 0 Å². The Morgan fingerprint density at radius 3 is 2.20 bits per heavy atom. The fourth-order valence-corrected chi connectivity index (χ4v) is 7.06. The van der Waals surface area contributed by atoms with E-state index in [9.17, 15) is 0 Å². The lowest BCUT2D eigenvalue weighted by atomic mass is 9.88. The molecule has 2 aromatic heterocycles. The maximum Gasteiger partial charge on any atom is 0.270 e. The maximum absolute atomic E-state index is 6.67. The Morgan fingerprint density at radius 2 is 1.33 bits per heavy atom. The number of para-hydroxylation sites is 4. The zero-order valence-corrected chi connectivity index (χ0v) is 28.8. The predicted octanol–water partition coefficient (Wildman–Crippen LogP) is 11.8. The van der Waals surface area contributed by atoms with Crippen LogP contribution in [0.5, 0.6) is 11.5 Å². The molecular weight excluding hydrogens is 625 g/mol. The molecule has 0 saturated carbocycles. The van der Waals surface area contributed by atoms with Crippen molar-refractivity contribution in [2.45, 2.75) is 26.2 Å². The zero-order chi connectivity index (χ0) is 34.5. The molecule has 0 atom stereocenters. The van der Waals surface area contributed by atoms with Gasteiger partial charge in [-0.05, 0) is 94.9 Å². The molecular formula is C46H36N4O. The molecule has 5 nitrogen and oxygen atoms in total. The summed E-state index contributed by atoms with van der Waals surface area (Å²) in [5.41, 5.74) is 9.74. The van der Waals surface area contributed by atoms with Gasteiger partial charge in [-0.2, -0.15) is 0 Å². The fraction of sp³-hybridized carbons (Fsp3) is 0.0870. The third kappa shape index (κ3) is 5.44. The molecule has 6 aromatic carbocycles. The van der Waals surface area contributed by atoms with E-state index < -0.39 is 0 Å². The zero-order valence-electron chi connectivity index (χ0n) is 28.8. The lowest BCUT2D eigenvalue weighted by Gasteiger charge is -2.21. The molecule has 246 valence electrons. The third-order valence-electron chi connectivity index (χ3n) is 9.59. The second-order valence-corrected chi connectivity index (χ2v) is 13.9. The SMILES string of the molecule is CC(C)(C)c1ccnc(-n2c3ccccc3c3ccc(Oc4cccc(N5[C-]=[N+](c6ccccc6)c6ccccc6-c6ccccc65)c4)cc32)c1. The van der Waals surface area contributed by atoms with Gasteiger partial charge in [-0.1, -0.05) is 99.6 Å². The third-order valence-corrected chi connectivity index (χ3v) is 9.59. The first-order chi connectivity index (χ1) is 24.9. The number of nitrogens with zero attached hydrogens (tertiary/aromatic N) is 4. The molecule has 0 unspecified atom stereocenters. The van der Waals surface area contributed by atoms with Gasteiger partial charge in [0.15, 0.2) is 0 Å². The lowest BCUT2D eigenvalue weighted by molar-refractivity contribution is 0.483. The molecule has 1 aliphatic rings. The molecule has 0 saturated heterocycles. The van der Waals surface area contributed by atoms with Crippen molar-refractivity contribution in [3.8, 4) is 28.4 Å². The Kier molecular flexibility index (Phi) is 7.29. The van der Waals surface area contributed by atoms with Gasteiger partial charge in [0.05, 0.1) is 33.8 Å². The van der Waals surface area contributed by atoms with Crippen LogP contribution in [0.15, 0.2) is 164 Å². The van der Waals surface area contributed by atoms with Crippen LogP contribution in [-0.2, 0) is 5.41 Å². The quantitative estimate of drug-likeness (QED) is 0.136. The first-order valence-corrected chi connectivity index (χ1v) is 17.3. The van der Waals surface area contributed by atoms with E-state index in [-0.39, 0.29) is 5.41 Å². The smallest absolute Gasteiger partial charge is 0.270 e. The van der Waals surface area contributed by atoms with Gasteiger partial charge < -0.3 is 4.74 Å². The summed E-state index contributed by atoms with van der Waals surface area (Å²) >= 11 is 0. The first kappa shape index (κ1) is 30.6. The van der Waals surface area contributed by atoms with Crippen LogP contribution in [0.4, 0.5) is 22.7 Å². The van der Waals surface area contributed by atoms with Crippen molar-refractivity contribution < 1.29 is 4.74 Å². The molecule has 8 aromatic rings. The van der Waals surface area contributed by atoms with E-state index in [1.54, 1.807) is 0 Å². The summed E-state index contributed by atoms with van der Waals surface area (Å²) in [6.07, 6.45) is 5.64. The summed E-state index contributed by atoms with van der Waals surface area (Å²) in [4.78, 5) is 6.98. The number of anilines is 2. The molecule has 0 amide bonds. The van der Waals surface area contributed by atoms with E-state index in [2.05, 4.69) is 181 Å². The van der Waals surface area contributed by atoms with Crippen LogP contribution in [-0.4, -0.2) is 15.9 Å². The number of hydrogen-bond acceptors (Lipinski definition) is 3. The van der Waals surface area contributed by atoms with Crippen LogP contribution in [0.2, 0.25) is 0 Å². The highest BCUT2D eigenvalue weighted by Gasteiger charge is 2.24. The van der Waals surface area contributed by atoms with E-state index in [0.717, 1.165) is 67.6 Å². The van der Waals surface area contributed by atoms with Gasteiger partial charge in [-0.25, -0.2) is 4.98 Å². The minimum atomic E-state index is -0.000598. The first-order valence-electron chi connectivity index (χ1n) is 17.3. The van der Waals surface area contributed by atoms with Crippen molar-refractivity contribution in [3.05, 3.63) is 169 Å². The molecule has 0 aliphatic carbocycles. The highest BCUT2D eigenvalue weighted by molar-refractivity contribution is 6.09. The van der Waals surface area contributed by atoms with Gasteiger partial charge in [0.25, 0.3) is 6.34 Å². The molecule has 51 heavy (non-hydrogen) atoms. The normalized spacial score (nSPS) is 12.7. The predicted molar refractivity (Wildman–Crippen MR) is 211 cm³/mol. The minimum Gasteiger partial charge on any atom is -0.458 e. The highest BCUT2D eigenvalue weighted by Crippen LogP contribution is 2.43. The average Bonchev–Trinajstić information content (AvgIpc) is 3.40. The number of pyridine rings is 1. The number of benzene rings is 6. The summed E-state index contributed by atoms with van der Waals surface area (Å²) in [5, 5.41) is 2.33. The maximum atomic E-state index is 6.67. The van der Waals surface area contributed by atoms with E-state index in [1.165, 1.54) is 10.9 Å². The summed E-state index contributed by atoms with van der Waals surface area (Å²) in [7, 11) is 0. The van der Waals surface area contributed by atoms with Gasteiger partial charge >= 0.3 is 0 Å². The van der Waals surface area contributed by atoms with E-state index in [0.29, 0.717) is 0 Å². The standard InChI is InChI=1S/C46H36N4O/c1-46(2,3)32-26-27-47-45(28-32)50-43-23-12-9-20-39(43)40-25-24-36(30-44(40)50)51-35-17-13-16-34(29-35)49-31-48(33-14-5-4-6-15-33)41-21-10-7-18-37(41)38-19-8-11-22-42(38)49/h4-30H,1-3H3. The van der Waals surface area contributed by atoms with Crippen molar-refractivity contribution in [1.29, 1.82) is 0 Å². The number of aromatic nitrogens is 2. The van der Waals surface area contributed by atoms with Crippen LogP contribution >= 0.6 is 0 Å². The molecule has 0 radical (unpaired) electrons. The van der Waals surface area contributed by atoms with Crippen LogP contribution in [0.1, 0.15) is 26.3 Å². The highest BCUT2D eigenvalue weighted by atomic mass is 16.5. The van der Waals surface area contributed by atoms with E-state index >= 15 is 0 Å². The molecule has 3 heterocycles. The Morgan fingerprint density at radius 1 is 0.608 bits per heavy atom. The average molecular weight is 661 g/mol. The topological polar surface area (TPSA) is 33.3 Å². The van der Waals surface area contributed by atoms with E-state index in [1.807, 2.05) is 24.4 Å². The van der Waals surface area contributed by atoms with Crippen LogP contribution in [0.25, 0.3) is 38.8 Å². The number of hydrogen-bond donors (Lipinski definition) is 0. The number of rotatable bonds is 5. The molecule has 0 fully saturated rings. The summed E-state index contributed by atoms with van der Waals surface area (Å²) < 4.78 is 11.1. The second kappa shape index (κ2) is 12.1. The second-order valence-electron chi connectivity index (χ2n) is 13.9. The van der Waals surface area contributed by atoms with Gasteiger partial charge in [0.1, 0.15) is 17.3 Å². The lowest BCUT2D eigenvalue weighted by Crippen LogP contribution is -2.21. The summed E-state index contributed by atoms with van der Waals surface area (Å²) in [5.74, 6) is 2.37. The van der Waals surface area contributed by atoms with Gasteiger partial charge in [0, 0.05) is 23.0 Å². The summed E-state index contributed by atoms with van der Waals surface area (Å²) in [6.45, 7) is 6.70. The Bertz CT molecular complexity index is 2610. The Balaban J connectivity index is 1.15. The summed E-state index contributed by atoms with van der Waals surface area (Å²) in [6, 6.07) is 54.8. The monoisotopic (exact) mass is 660 g/mol. The van der Waals surface area contributed by atoms with Crippen LogP contribution < -0.4 is 14.2 Å². The molecule has 0 bridgehead atoms. The minimum absolute atomic E-state index is 0.000598. The molecule has 0 N–H and O–H groups in total. The number of ether oxygens (including phenoxy) is 1. The van der Waals surface area contributed by atoms with Crippen molar-refractivity contribution in [2.24, 2.45) is 0 Å². The Labute approximate surface area is 298 Å². The van der Waals surface area contributed by atoms with Gasteiger partial charge in [0.2, 0.25) is 0 Å². The van der Waals surface area contributed by atoms with Crippen molar-refractivity contribution >= 4 is 50.9 Å². The van der Waals surface area contributed by atoms with E-state index in [4.69, 9.17) is 9.72 Å². The van der Waals surface area contributed by atoms with Crippen molar-refractivity contribution in [1.82, 2.24) is 14.1 Å². The van der Waals surface area contributed by atoms with Crippen molar-refractivity contribution in [2.75, 3.05) is 4.90 Å². The molecule has 0 spiro atoms. The van der Waals surface area contributed by atoms with Gasteiger partial charge in [-0.3, -0.25) is 14.0 Å². The molecule has 5 heteroatoms. The number of fused-ring (bicyclic) bond motifs is 6. The fourth-order valence-electron chi connectivity index (χ4n) is 7.06. The molecule has 9 rings (SSSR count).